The number of nitro benzene ring substituents is 1. The van der Waals surface area contributed by atoms with Gasteiger partial charge in [0.2, 0.25) is 0 Å². The molecule has 0 saturated heterocycles. The number of nitro groups is 1. The van der Waals surface area contributed by atoms with Crippen LogP contribution in [-0.2, 0) is 0 Å². The minimum atomic E-state index is -0.371. The largest absolute Gasteiger partial charge is 0.373 e. The third kappa shape index (κ3) is 3.13. The normalized spacial score (nSPS) is 14.0. The maximum Gasteiger partial charge on any atom is 0.283 e. The second kappa shape index (κ2) is 5.69. The Balaban J connectivity index is 1.94. The van der Waals surface area contributed by atoms with Crippen molar-refractivity contribution in [1.29, 1.82) is 0 Å². The van der Waals surface area contributed by atoms with Gasteiger partial charge in [0.05, 0.1) is 9.82 Å². The van der Waals surface area contributed by atoms with Crippen LogP contribution in [0, 0.1) is 10.1 Å². The summed E-state index contributed by atoms with van der Waals surface area (Å²) in [7, 11) is 1.80. The lowest BCUT2D eigenvalue weighted by Crippen LogP contribution is -2.00. The summed E-state index contributed by atoms with van der Waals surface area (Å²) < 4.78 is 0. The van der Waals surface area contributed by atoms with E-state index in [0.717, 1.165) is 29.5 Å². The molecule has 7 heteroatoms. The molecule has 0 radical (unpaired) electrons. The third-order valence-corrected chi connectivity index (χ3v) is 4.18. The van der Waals surface area contributed by atoms with Crippen LogP contribution in [0.2, 0.25) is 0 Å². The van der Waals surface area contributed by atoms with E-state index in [1.165, 1.54) is 17.8 Å². The van der Waals surface area contributed by atoms with Crippen molar-refractivity contribution in [2.45, 2.75) is 28.7 Å². The number of aromatic nitrogens is 2. The van der Waals surface area contributed by atoms with Crippen LogP contribution in [0.5, 0.6) is 0 Å². The van der Waals surface area contributed by atoms with Crippen LogP contribution in [0.4, 0.5) is 11.5 Å². The van der Waals surface area contributed by atoms with Crippen LogP contribution in [0.1, 0.15) is 24.6 Å². The predicted molar refractivity (Wildman–Crippen MR) is 80.8 cm³/mol. The number of nitrogens with one attached hydrogen (secondary N) is 1. The zero-order chi connectivity index (χ0) is 14.8. The number of anilines is 1. The molecule has 1 N–H and O–H groups in total. The van der Waals surface area contributed by atoms with E-state index in [0.29, 0.717) is 10.8 Å². The van der Waals surface area contributed by atoms with E-state index in [4.69, 9.17) is 0 Å². The Bertz CT molecular complexity index is 688. The van der Waals surface area contributed by atoms with Crippen molar-refractivity contribution in [1.82, 2.24) is 9.97 Å². The number of benzene rings is 1. The fourth-order valence-electron chi connectivity index (χ4n) is 1.95. The van der Waals surface area contributed by atoms with Gasteiger partial charge in [-0.05, 0) is 18.9 Å². The van der Waals surface area contributed by atoms with Gasteiger partial charge in [-0.15, -0.1) is 0 Å². The Labute approximate surface area is 126 Å². The standard InChI is InChI=1S/C14H14N4O2S/c1-15-12-8-13(17-14(16-12)9-6-7-9)21-11-5-3-2-4-10(11)18(19)20/h2-5,8-9H,6-7H2,1H3,(H,15,16,17). The number of nitrogens with zero attached hydrogens (tertiary/aromatic N) is 3. The van der Waals surface area contributed by atoms with E-state index in [-0.39, 0.29) is 10.6 Å². The second-order valence-corrected chi connectivity index (χ2v) is 5.86. The van der Waals surface area contributed by atoms with E-state index in [1.807, 2.05) is 6.07 Å². The SMILES string of the molecule is CNc1cc(Sc2ccccc2[N+](=O)[O-])nc(C2CC2)n1. The van der Waals surface area contributed by atoms with E-state index >= 15 is 0 Å². The van der Waals surface area contributed by atoms with Crippen molar-refractivity contribution in [3.8, 4) is 0 Å². The molecule has 0 unspecified atom stereocenters. The molecule has 1 fully saturated rings. The van der Waals surface area contributed by atoms with E-state index in [2.05, 4.69) is 15.3 Å². The molecule has 1 heterocycles. The third-order valence-electron chi connectivity index (χ3n) is 3.20. The summed E-state index contributed by atoms with van der Waals surface area (Å²) in [5.74, 6) is 2.00. The van der Waals surface area contributed by atoms with Crippen LogP contribution < -0.4 is 5.32 Å². The highest BCUT2D eigenvalue weighted by Gasteiger charge is 2.27. The molecule has 6 nitrogen and oxygen atoms in total. The molecule has 1 aliphatic carbocycles. The van der Waals surface area contributed by atoms with Crippen molar-refractivity contribution in [3.63, 3.8) is 0 Å². The van der Waals surface area contributed by atoms with Crippen molar-refractivity contribution in [2.75, 3.05) is 12.4 Å². The van der Waals surface area contributed by atoms with Crippen LogP contribution in [0.25, 0.3) is 0 Å². The molecule has 0 amide bonds. The van der Waals surface area contributed by atoms with Crippen molar-refractivity contribution >= 4 is 23.3 Å². The maximum absolute atomic E-state index is 11.1. The van der Waals surface area contributed by atoms with Crippen molar-refractivity contribution < 1.29 is 4.92 Å². The monoisotopic (exact) mass is 302 g/mol. The van der Waals surface area contributed by atoms with Gasteiger partial charge in [-0.2, -0.15) is 0 Å². The van der Waals surface area contributed by atoms with Crippen LogP contribution in [-0.4, -0.2) is 21.9 Å². The van der Waals surface area contributed by atoms with Gasteiger partial charge >= 0.3 is 0 Å². The zero-order valence-corrected chi connectivity index (χ0v) is 12.3. The zero-order valence-electron chi connectivity index (χ0n) is 11.4. The maximum atomic E-state index is 11.1. The Kier molecular flexibility index (Phi) is 3.74. The molecule has 0 bridgehead atoms. The lowest BCUT2D eigenvalue weighted by Gasteiger charge is -2.07. The smallest absolute Gasteiger partial charge is 0.283 e. The molecule has 3 rings (SSSR count). The van der Waals surface area contributed by atoms with Crippen molar-refractivity contribution in [2.24, 2.45) is 0 Å². The average Bonchev–Trinajstić information content (AvgIpc) is 3.32. The number of hydrogen-bond acceptors (Lipinski definition) is 6. The molecule has 1 saturated carbocycles. The number of hydrogen-bond donors (Lipinski definition) is 1. The lowest BCUT2D eigenvalue weighted by atomic mass is 10.3. The molecule has 21 heavy (non-hydrogen) atoms. The van der Waals surface area contributed by atoms with Crippen molar-refractivity contribution in [3.05, 3.63) is 46.3 Å². The minimum absolute atomic E-state index is 0.0973. The van der Waals surface area contributed by atoms with Crippen LogP contribution >= 0.6 is 11.8 Å². The van der Waals surface area contributed by atoms with Gasteiger partial charge in [0.25, 0.3) is 5.69 Å². The van der Waals surface area contributed by atoms with E-state index in [1.54, 1.807) is 25.2 Å². The average molecular weight is 302 g/mol. The molecular formula is C14H14N4O2S. The highest BCUT2D eigenvalue weighted by molar-refractivity contribution is 7.99. The Morgan fingerprint density at radius 2 is 2.10 bits per heavy atom. The Hall–Kier alpha value is -2.15. The highest BCUT2D eigenvalue weighted by Crippen LogP contribution is 2.40. The van der Waals surface area contributed by atoms with E-state index < -0.39 is 0 Å². The fraction of sp³-hybridized carbons (Fsp3) is 0.286. The quantitative estimate of drug-likeness (QED) is 0.517. The van der Waals surface area contributed by atoms with Gasteiger partial charge in [-0.25, -0.2) is 9.97 Å². The summed E-state index contributed by atoms with van der Waals surface area (Å²) in [4.78, 5) is 20.3. The van der Waals surface area contributed by atoms with Crippen LogP contribution in [0.15, 0.2) is 40.3 Å². The van der Waals surface area contributed by atoms with Gasteiger partial charge in [0.15, 0.2) is 0 Å². The molecule has 2 aromatic rings. The first-order valence-corrected chi connectivity index (χ1v) is 7.47. The molecule has 0 spiro atoms. The van der Waals surface area contributed by atoms with Gasteiger partial charge in [0.1, 0.15) is 16.7 Å². The summed E-state index contributed by atoms with van der Waals surface area (Å²) in [6, 6.07) is 8.51. The lowest BCUT2D eigenvalue weighted by molar-refractivity contribution is -0.387. The van der Waals surface area contributed by atoms with Crippen LogP contribution in [0.3, 0.4) is 0 Å². The van der Waals surface area contributed by atoms with Gasteiger partial charge in [-0.3, -0.25) is 10.1 Å². The summed E-state index contributed by atoms with van der Waals surface area (Å²) in [6.07, 6.45) is 2.23. The second-order valence-electron chi connectivity index (χ2n) is 4.80. The first kappa shape index (κ1) is 13.8. The number of rotatable bonds is 5. The molecule has 1 aromatic carbocycles. The van der Waals surface area contributed by atoms with Gasteiger partial charge in [0, 0.05) is 25.1 Å². The molecule has 0 aliphatic heterocycles. The topological polar surface area (TPSA) is 81.0 Å². The predicted octanol–water partition coefficient (Wildman–Crippen LogP) is 3.46. The molecule has 0 atom stereocenters. The Morgan fingerprint density at radius 3 is 2.76 bits per heavy atom. The van der Waals surface area contributed by atoms with Gasteiger partial charge in [-0.1, -0.05) is 23.9 Å². The molecule has 1 aromatic heterocycles. The first-order chi connectivity index (χ1) is 10.2. The highest BCUT2D eigenvalue weighted by atomic mass is 32.2. The summed E-state index contributed by atoms with van der Waals surface area (Å²) in [5.41, 5.74) is 0.0973. The Morgan fingerprint density at radius 1 is 1.33 bits per heavy atom. The summed E-state index contributed by atoms with van der Waals surface area (Å²) in [6.45, 7) is 0. The minimum Gasteiger partial charge on any atom is -0.373 e. The van der Waals surface area contributed by atoms with E-state index in [9.17, 15) is 10.1 Å². The molecule has 108 valence electrons. The first-order valence-electron chi connectivity index (χ1n) is 6.65. The summed E-state index contributed by atoms with van der Waals surface area (Å²) >= 11 is 1.30. The fourth-order valence-corrected chi connectivity index (χ4v) is 2.88. The van der Waals surface area contributed by atoms with Gasteiger partial charge < -0.3 is 5.32 Å². The molecular weight excluding hydrogens is 288 g/mol. The summed E-state index contributed by atoms with van der Waals surface area (Å²) in [5, 5.41) is 14.8. The molecule has 1 aliphatic rings. The number of para-hydroxylation sites is 1.